The predicted molar refractivity (Wildman–Crippen MR) is 80.5 cm³/mol. The zero-order valence-electron chi connectivity index (χ0n) is 13.3. The minimum atomic E-state index is -5.96. The van der Waals surface area contributed by atoms with Crippen LogP contribution < -0.4 is 4.74 Å². The Balaban J connectivity index is 2.64. The lowest BCUT2D eigenvalue weighted by Gasteiger charge is -2.19. The highest BCUT2D eigenvalue weighted by Crippen LogP contribution is 2.26. The third-order valence-electron chi connectivity index (χ3n) is 2.77. The fourth-order valence-corrected chi connectivity index (χ4v) is 2.04. The highest BCUT2D eigenvalue weighted by molar-refractivity contribution is 7.86. The average Bonchev–Trinajstić information content (AvgIpc) is 2.42. The Morgan fingerprint density at radius 1 is 1.32 bits per heavy atom. The largest absolute Gasteiger partial charge is 0.482 e. The fraction of sp³-hybridized carbons (Fsp3) is 0.500. The maximum Gasteiger partial charge on any atom is 0.430 e. The van der Waals surface area contributed by atoms with Crippen molar-refractivity contribution in [3.05, 3.63) is 29.8 Å². The number of ether oxygens (including phenoxy) is 2. The van der Waals surface area contributed by atoms with Crippen molar-refractivity contribution in [3.63, 3.8) is 0 Å². The van der Waals surface area contributed by atoms with Gasteiger partial charge < -0.3 is 19.7 Å². The molecule has 0 aromatic heterocycles. The molecule has 0 bridgehead atoms. The van der Waals surface area contributed by atoms with Crippen LogP contribution in [0.4, 0.5) is 8.78 Å². The molecule has 0 heterocycles. The molecule has 0 saturated heterocycles. The molecule has 25 heavy (non-hydrogen) atoms. The van der Waals surface area contributed by atoms with Crippen LogP contribution >= 0.6 is 0 Å². The summed E-state index contributed by atoms with van der Waals surface area (Å²) in [5.41, 5.74) is -0.306. The molecule has 0 aliphatic carbocycles. The lowest BCUT2D eigenvalue weighted by atomic mass is 9.99. The summed E-state index contributed by atoms with van der Waals surface area (Å²) < 4.78 is 64.0. The van der Waals surface area contributed by atoms with E-state index in [2.05, 4.69) is 4.74 Å². The van der Waals surface area contributed by atoms with Crippen molar-refractivity contribution >= 4 is 16.1 Å². The summed E-state index contributed by atoms with van der Waals surface area (Å²) in [6.07, 6.45) is -3.10. The van der Waals surface area contributed by atoms with E-state index in [1.54, 1.807) is 26.0 Å². The Bertz CT molecular complexity index is 712. The number of hydrogen-bond donors (Lipinski definition) is 3. The Labute approximate surface area is 142 Å². The van der Waals surface area contributed by atoms with Crippen LogP contribution in [0.25, 0.3) is 0 Å². The van der Waals surface area contributed by atoms with E-state index in [1.165, 1.54) is 12.1 Å². The second-order valence-corrected chi connectivity index (χ2v) is 7.30. The van der Waals surface area contributed by atoms with Gasteiger partial charge in [-0.1, -0.05) is 12.1 Å². The van der Waals surface area contributed by atoms with E-state index < -0.39 is 39.8 Å². The molecular formula is C14H18F2O8S. The molecule has 0 amide bonds. The molecule has 1 aromatic rings. The minimum absolute atomic E-state index is 0.162. The van der Waals surface area contributed by atoms with Crippen LogP contribution in [0.15, 0.2) is 24.3 Å². The molecule has 0 saturated carbocycles. The molecule has 1 aromatic carbocycles. The summed E-state index contributed by atoms with van der Waals surface area (Å²) in [6.45, 7) is 2.29. The molecule has 142 valence electrons. The van der Waals surface area contributed by atoms with Crippen molar-refractivity contribution < 1.29 is 46.2 Å². The van der Waals surface area contributed by atoms with Gasteiger partial charge in [-0.15, -0.1) is 0 Å². The molecule has 1 rings (SSSR count). The molecule has 0 spiro atoms. The number of hydrogen-bond acceptors (Lipinski definition) is 7. The Morgan fingerprint density at radius 3 is 2.44 bits per heavy atom. The lowest BCUT2D eigenvalue weighted by molar-refractivity contribution is -0.206. The van der Waals surface area contributed by atoms with Crippen molar-refractivity contribution in [3.8, 4) is 5.75 Å². The second-order valence-electron chi connectivity index (χ2n) is 5.80. The maximum absolute atomic E-state index is 13.0. The monoisotopic (exact) mass is 384 g/mol. The number of carbonyl (C=O) groups excluding carboxylic acids is 1. The number of aliphatic hydroxyl groups excluding tert-OH is 1. The van der Waals surface area contributed by atoms with Crippen LogP contribution in [0.3, 0.4) is 0 Å². The van der Waals surface area contributed by atoms with Gasteiger partial charge in [0.15, 0.2) is 6.61 Å². The number of aliphatic hydroxyl groups is 2. The minimum Gasteiger partial charge on any atom is -0.482 e. The summed E-state index contributed by atoms with van der Waals surface area (Å²) in [5, 5.41) is 13.6. The van der Waals surface area contributed by atoms with Crippen molar-refractivity contribution in [2.75, 3.05) is 6.61 Å². The summed E-state index contributed by atoms with van der Waals surface area (Å²) in [4.78, 5) is 11.4. The Kier molecular flexibility index (Phi) is 6.45. The Morgan fingerprint density at radius 2 is 1.92 bits per heavy atom. The first kappa shape index (κ1) is 21.2. The van der Waals surface area contributed by atoms with Gasteiger partial charge in [-0.25, -0.2) is 4.79 Å². The van der Waals surface area contributed by atoms with Gasteiger partial charge in [-0.3, -0.25) is 4.55 Å². The van der Waals surface area contributed by atoms with Gasteiger partial charge in [0.1, 0.15) is 5.75 Å². The molecule has 11 heteroatoms. The third-order valence-corrected chi connectivity index (χ3v) is 3.66. The molecule has 8 nitrogen and oxygen atoms in total. The smallest absolute Gasteiger partial charge is 0.430 e. The van der Waals surface area contributed by atoms with E-state index in [1.807, 2.05) is 0 Å². The average molecular weight is 384 g/mol. The number of carbonyl (C=O) groups is 1. The first-order valence-electron chi connectivity index (χ1n) is 6.89. The first-order valence-corrected chi connectivity index (χ1v) is 8.33. The van der Waals surface area contributed by atoms with Crippen molar-refractivity contribution in [2.45, 2.75) is 37.4 Å². The normalized spacial score (nSPS) is 14.0. The van der Waals surface area contributed by atoms with Gasteiger partial charge in [-0.2, -0.15) is 17.2 Å². The lowest BCUT2D eigenvalue weighted by Crippen LogP contribution is -2.44. The van der Waals surface area contributed by atoms with E-state index >= 15 is 0 Å². The number of rotatable bonds is 8. The van der Waals surface area contributed by atoms with Crippen LogP contribution in [0.2, 0.25) is 0 Å². The molecule has 1 atom stereocenters. The van der Waals surface area contributed by atoms with Crippen LogP contribution in [0, 0.1) is 0 Å². The van der Waals surface area contributed by atoms with E-state index in [4.69, 9.17) is 14.4 Å². The molecule has 0 radical (unpaired) electrons. The highest BCUT2D eigenvalue weighted by atomic mass is 32.2. The quantitative estimate of drug-likeness (QED) is 0.340. The first-order chi connectivity index (χ1) is 11.2. The van der Waals surface area contributed by atoms with Crippen molar-refractivity contribution in [1.29, 1.82) is 0 Å². The van der Waals surface area contributed by atoms with E-state index in [-0.39, 0.29) is 12.2 Å². The zero-order chi connectivity index (χ0) is 19.5. The van der Waals surface area contributed by atoms with Crippen molar-refractivity contribution in [1.82, 2.24) is 0 Å². The topological polar surface area (TPSA) is 130 Å². The molecule has 1 unspecified atom stereocenters. The van der Waals surface area contributed by atoms with Gasteiger partial charge in [0.2, 0.25) is 0 Å². The van der Waals surface area contributed by atoms with Crippen LogP contribution in [0.1, 0.15) is 19.4 Å². The maximum atomic E-state index is 13.0. The van der Waals surface area contributed by atoms with Crippen LogP contribution in [-0.2, 0) is 26.1 Å². The van der Waals surface area contributed by atoms with Crippen LogP contribution in [-0.4, -0.2) is 52.9 Å². The van der Waals surface area contributed by atoms with E-state index in [0.717, 1.165) is 0 Å². The summed E-state index contributed by atoms with van der Waals surface area (Å²) in [5.74, 6) is -1.32. The molecular weight excluding hydrogens is 366 g/mol. The molecule has 3 N–H and O–H groups in total. The van der Waals surface area contributed by atoms with E-state index in [0.29, 0.717) is 5.56 Å². The summed E-state index contributed by atoms with van der Waals surface area (Å²) in [7, 11) is -5.96. The Hall–Kier alpha value is -1.82. The number of alkyl halides is 2. The number of benzene rings is 1. The third kappa shape index (κ3) is 6.53. The van der Waals surface area contributed by atoms with Crippen molar-refractivity contribution in [2.24, 2.45) is 0 Å². The fourth-order valence-electron chi connectivity index (χ4n) is 1.74. The highest BCUT2D eigenvalue weighted by Gasteiger charge is 2.54. The predicted octanol–water partition coefficient (Wildman–Crippen LogP) is 0.721. The zero-order valence-corrected chi connectivity index (χ0v) is 14.2. The van der Waals surface area contributed by atoms with Gasteiger partial charge in [0.25, 0.3) is 6.29 Å². The summed E-state index contributed by atoms with van der Waals surface area (Å²) >= 11 is 0. The summed E-state index contributed by atoms with van der Waals surface area (Å²) in [6, 6.07) is 6.21. The number of esters is 1. The van der Waals surface area contributed by atoms with E-state index in [9.17, 15) is 27.1 Å². The second kappa shape index (κ2) is 7.60. The van der Waals surface area contributed by atoms with Gasteiger partial charge in [0, 0.05) is 6.42 Å². The van der Waals surface area contributed by atoms with Gasteiger partial charge in [0.05, 0.1) is 5.60 Å². The SMILES string of the molecule is CC(C)(O)Cc1cccc(OCC(=O)OC(O)C(F)(F)S(=O)(=O)O)c1. The standard InChI is InChI=1S/C14H18F2O8S/c1-13(2,19)7-9-4-3-5-10(6-9)23-8-11(17)24-12(18)14(15,16)25(20,21)22/h3-6,12,18-19H,7-8H2,1-2H3,(H,20,21,22). The molecule has 0 aliphatic rings. The van der Waals surface area contributed by atoms with Crippen LogP contribution in [0.5, 0.6) is 5.75 Å². The number of halogens is 2. The van der Waals surface area contributed by atoms with Gasteiger partial charge in [-0.05, 0) is 31.5 Å². The molecule has 0 fully saturated rings. The molecule has 0 aliphatic heterocycles. The van der Waals surface area contributed by atoms with Gasteiger partial charge >= 0.3 is 21.3 Å².